The second kappa shape index (κ2) is 6.74. The lowest BCUT2D eigenvalue weighted by molar-refractivity contribution is 0.223. The fraction of sp³-hybridized carbons (Fsp3) is 0.625. The van der Waals surface area contributed by atoms with Crippen LogP contribution in [0.3, 0.4) is 0 Å². The van der Waals surface area contributed by atoms with Gasteiger partial charge in [0.15, 0.2) is 9.84 Å². The van der Waals surface area contributed by atoms with Crippen LogP contribution in [0.4, 0.5) is 0 Å². The van der Waals surface area contributed by atoms with Gasteiger partial charge < -0.3 is 4.90 Å². The van der Waals surface area contributed by atoms with Crippen LogP contribution >= 0.6 is 0 Å². The summed E-state index contributed by atoms with van der Waals surface area (Å²) in [5.41, 5.74) is 0.754. The van der Waals surface area contributed by atoms with Gasteiger partial charge in [0, 0.05) is 25.7 Å². The van der Waals surface area contributed by atoms with Crippen LogP contribution < -0.4 is 0 Å². The molecule has 2 heterocycles. The lowest BCUT2D eigenvalue weighted by Gasteiger charge is -2.37. The molecule has 0 amide bonds. The number of nitrogens with zero attached hydrogens (tertiary/aromatic N) is 2. The Bertz CT molecular complexity index is 778. The molecule has 2 aliphatic rings. The minimum absolute atomic E-state index is 0.0359. The van der Waals surface area contributed by atoms with E-state index < -0.39 is 25.1 Å². The van der Waals surface area contributed by atoms with Gasteiger partial charge in [-0.3, -0.25) is 0 Å². The molecule has 6 nitrogen and oxygen atoms in total. The second-order valence-corrected chi connectivity index (χ2v) is 11.0. The van der Waals surface area contributed by atoms with Crippen molar-refractivity contribution >= 4 is 19.9 Å². The van der Waals surface area contributed by atoms with Crippen LogP contribution in [0.5, 0.6) is 0 Å². The zero-order valence-electron chi connectivity index (χ0n) is 13.8. The normalized spacial score (nSPS) is 28.9. The summed E-state index contributed by atoms with van der Waals surface area (Å²) in [6, 6.07) is 9.02. The zero-order valence-corrected chi connectivity index (χ0v) is 15.5. The Labute approximate surface area is 144 Å². The maximum Gasteiger partial charge on any atom is 0.218 e. The Hall–Kier alpha value is -0.960. The van der Waals surface area contributed by atoms with Crippen molar-refractivity contribution in [1.29, 1.82) is 0 Å². The Morgan fingerprint density at radius 1 is 1.08 bits per heavy atom. The topological polar surface area (TPSA) is 74.8 Å². The SMILES string of the molecule is CN1CCS(=O)(=O)[C@H]2CCN(S(=O)(=O)Cc3ccccc3)CC[C@@H]21. The maximum absolute atomic E-state index is 12.7. The number of fused-ring (bicyclic) bond motifs is 1. The zero-order chi connectivity index (χ0) is 17.4. The smallest absolute Gasteiger partial charge is 0.218 e. The molecule has 0 bridgehead atoms. The van der Waals surface area contributed by atoms with Gasteiger partial charge in [-0.1, -0.05) is 30.3 Å². The van der Waals surface area contributed by atoms with E-state index in [1.807, 2.05) is 25.2 Å². The van der Waals surface area contributed by atoms with Gasteiger partial charge in [-0.15, -0.1) is 0 Å². The van der Waals surface area contributed by atoms with Crippen molar-refractivity contribution in [3.63, 3.8) is 0 Å². The van der Waals surface area contributed by atoms with Crippen LogP contribution in [-0.2, 0) is 25.6 Å². The second-order valence-electron chi connectivity index (χ2n) is 6.67. The van der Waals surface area contributed by atoms with Crippen molar-refractivity contribution in [2.75, 3.05) is 32.4 Å². The Balaban J connectivity index is 1.77. The molecule has 0 saturated carbocycles. The third-order valence-electron chi connectivity index (χ3n) is 5.11. The summed E-state index contributed by atoms with van der Waals surface area (Å²) in [5, 5.41) is -0.451. The van der Waals surface area contributed by atoms with Crippen LogP contribution in [-0.4, -0.2) is 69.8 Å². The van der Waals surface area contributed by atoms with Gasteiger partial charge in [-0.25, -0.2) is 21.1 Å². The molecule has 1 aromatic rings. The highest BCUT2D eigenvalue weighted by atomic mass is 32.2. The first-order chi connectivity index (χ1) is 11.3. The average Bonchev–Trinajstić information content (AvgIpc) is 2.77. The van der Waals surface area contributed by atoms with Crippen LogP contribution in [0.15, 0.2) is 30.3 Å². The van der Waals surface area contributed by atoms with E-state index >= 15 is 0 Å². The molecule has 1 aromatic carbocycles. The van der Waals surface area contributed by atoms with Crippen molar-refractivity contribution in [3.05, 3.63) is 35.9 Å². The fourth-order valence-corrected chi connectivity index (χ4v) is 7.40. The minimum atomic E-state index is -3.44. The molecule has 2 fully saturated rings. The molecule has 24 heavy (non-hydrogen) atoms. The molecule has 0 aromatic heterocycles. The van der Waals surface area contributed by atoms with E-state index in [9.17, 15) is 16.8 Å². The lowest BCUT2D eigenvalue weighted by Crippen LogP contribution is -2.52. The number of benzene rings is 1. The first-order valence-electron chi connectivity index (χ1n) is 8.23. The molecular weight excluding hydrogens is 348 g/mol. The Kier molecular flexibility index (Phi) is 5.01. The van der Waals surface area contributed by atoms with Gasteiger partial charge in [-0.05, 0) is 25.5 Å². The van der Waals surface area contributed by atoms with Crippen LogP contribution in [0.25, 0.3) is 0 Å². The highest BCUT2D eigenvalue weighted by molar-refractivity contribution is 7.92. The maximum atomic E-state index is 12.7. The number of hydrogen-bond acceptors (Lipinski definition) is 5. The quantitative estimate of drug-likeness (QED) is 0.781. The predicted octanol–water partition coefficient (Wildman–Crippen LogP) is 0.710. The molecule has 0 radical (unpaired) electrons. The molecule has 0 aliphatic carbocycles. The van der Waals surface area contributed by atoms with Crippen molar-refractivity contribution < 1.29 is 16.8 Å². The van der Waals surface area contributed by atoms with Crippen LogP contribution in [0.2, 0.25) is 0 Å². The molecule has 8 heteroatoms. The van der Waals surface area contributed by atoms with Gasteiger partial charge in [0.05, 0.1) is 16.8 Å². The van der Waals surface area contributed by atoms with Crippen LogP contribution in [0, 0.1) is 0 Å². The Morgan fingerprint density at radius 3 is 2.46 bits per heavy atom. The van der Waals surface area contributed by atoms with Crippen molar-refractivity contribution in [2.45, 2.75) is 29.9 Å². The summed E-state index contributed by atoms with van der Waals surface area (Å²) < 4.78 is 51.6. The summed E-state index contributed by atoms with van der Waals surface area (Å²) in [7, 11) is -4.64. The van der Waals surface area contributed by atoms with E-state index in [0.29, 0.717) is 25.9 Å². The van der Waals surface area contributed by atoms with Crippen molar-refractivity contribution in [3.8, 4) is 0 Å². The van der Waals surface area contributed by atoms with Gasteiger partial charge in [0.1, 0.15) is 0 Å². The van der Waals surface area contributed by atoms with E-state index in [4.69, 9.17) is 0 Å². The lowest BCUT2D eigenvalue weighted by atomic mass is 10.1. The summed E-state index contributed by atoms with van der Waals surface area (Å²) in [4.78, 5) is 2.07. The van der Waals surface area contributed by atoms with Gasteiger partial charge in [0.25, 0.3) is 0 Å². The summed E-state index contributed by atoms with van der Waals surface area (Å²) in [6.07, 6.45) is 0.944. The molecule has 0 N–H and O–H groups in total. The third-order valence-corrected chi connectivity index (χ3v) is 9.18. The number of hydrogen-bond donors (Lipinski definition) is 0. The number of sulfonamides is 1. The van der Waals surface area contributed by atoms with Gasteiger partial charge in [0.2, 0.25) is 10.0 Å². The molecule has 134 valence electrons. The van der Waals surface area contributed by atoms with E-state index in [0.717, 1.165) is 5.56 Å². The predicted molar refractivity (Wildman–Crippen MR) is 93.9 cm³/mol. The van der Waals surface area contributed by atoms with Crippen LogP contribution in [0.1, 0.15) is 18.4 Å². The molecule has 2 aliphatic heterocycles. The molecule has 0 spiro atoms. The van der Waals surface area contributed by atoms with E-state index in [-0.39, 0.29) is 24.1 Å². The highest BCUT2D eigenvalue weighted by Gasteiger charge is 2.42. The number of sulfone groups is 1. The van der Waals surface area contributed by atoms with E-state index in [1.165, 1.54) is 4.31 Å². The third kappa shape index (κ3) is 3.66. The summed E-state index contributed by atoms with van der Waals surface area (Å²) >= 11 is 0. The van der Waals surface area contributed by atoms with Gasteiger partial charge >= 0.3 is 0 Å². The molecule has 2 saturated heterocycles. The van der Waals surface area contributed by atoms with Crippen molar-refractivity contribution in [2.24, 2.45) is 0 Å². The largest absolute Gasteiger partial charge is 0.301 e. The monoisotopic (exact) mass is 372 g/mol. The van der Waals surface area contributed by atoms with E-state index in [2.05, 4.69) is 4.90 Å². The first kappa shape index (κ1) is 17.8. The van der Waals surface area contributed by atoms with Gasteiger partial charge in [-0.2, -0.15) is 0 Å². The number of rotatable bonds is 3. The Morgan fingerprint density at radius 2 is 1.75 bits per heavy atom. The molecule has 0 unspecified atom stereocenters. The standard InChI is InChI=1S/C16H24N2O4S2/c1-17-11-12-23(19,20)16-8-10-18(9-7-15(16)17)24(21,22)13-14-5-3-2-4-6-14/h2-6,15-16H,7-13H2,1H3/t15-,16-/m0/s1. The average molecular weight is 373 g/mol. The minimum Gasteiger partial charge on any atom is -0.301 e. The van der Waals surface area contributed by atoms with E-state index in [1.54, 1.807) is 12.1 Å². The molecule has 2 atom stereocenters. The summed E-state index contributed by atoms with van der Waals surface area (Å²) in [5.74, 6) is 0.132. The highest BCUT2D eigenvalue weighted by Crippen LogP contribution is 2.28. The molecule has 3 rings (SSSR count). The van der Waals surface area contributed by atoms with Crippen molar-refractivity contribution in [1.82, 2.24) is 9.21 Å². The fourth-order valence-electron chi connectivity index (χ4n) is 3.70. The molecular formula is C16H24N2O4S2. The summed E-state index contributed by atoms with van der Waals surface area (Å²) in [6.45, 7) is 1.19. The first-order valence-corrected chi connectivity index (χ1v) is 11.6.